The van der Waals surface area contributed by atoms with Crippen LogP contribution in [0.2, 0.25) is 0 Å². The van der Waals surface area contributed by atoms with Crippen molar-refractivity contribution in [3.63, 3.8) is 0 Å². The number of carbonyl (C=O) groups excluding carboxylic acids is 1. The molecule has 3 aromatic rings. The van der Waals surface area contributed by atoms with Crippen molar-refractivity contribution in [1.29, 1.82) is 0 Å². The minimum atomic E-state index is -0.121. The first-order chi connectivity index (χ1) is 11.3. The number of hydrogen-bond donors (Lipinski definition) is 1. The van der Waals surface area contributed by atoms with Crippen LogP contribution in [0.5, 0.6) is 0 Å². The van der Waals surface area contributed by atoms with Gasteiger partial charge in [0.05, 0.1) is 6.04 Å². The number of carbonyl (C=O) groups is 1. The Bertz CT molecular complexity index is 764. The lowest BCUT2D eigenvalue weighted by Gasteiger charge is -2.17. The summed E-state index contributed by atoms with van der Waals surface area (Å²) in [4.78, 5) is 13.4. The monoisotopic (exact) mass is 319 g/mol. The fourth-order valence-corrected chi connectivity index (χ4v) is 3.15. The Hall–Kier alpha value is -2.65. The summed E-state index contributed by atoms with van der Waals surface area (Å²) < 4.78 is 0. The molecule has 1 heterocycles. The van der Waals surface area contributed by atoms with Gasteiger partial charge in [-0.05, 0) is 28.6 Å². The van der Waals surface area contributed by atoms with E-state index < -0.39 is 0 Å². The maximum atomic E-state index is 12.3. The molecule has 0 aliphatic rings. The molecule has 0 unspecified atom stereocenters. The van der Waals surface area contributed by atoms with Gasteiger partial charge in [0.2, 0.25) is 5.91 Å². The SMILES string of the molecule is O=C(/C=C/c1ccccc1)N[C@@H](c1ccccc1)c1cccs1. The van der Waals surface area contributed by atoms with Crippen LogP contribution in [-0.2, 0) is 4.79 Å². The molecule has 2 nitrogen and oxygen atoms in total. The van der Waals surface area contributed by atoms with Gasteiger partial charge in [-0.25, -0.2) is 0 Å². The lowest BCUT2D eigenvalue weighted by Crippen LogP contribution is -2.27. The van der Waals surface area contributed by atoms with Gasteiger partial charge in [0.1, 0.15) is 0 Å². The third-order valence-electron chi connectivity index (χ3n) is 3.47. The second kappa shape index (κ2) is 7.56. The normalized spacial score (nSPS) is 12.2. The molecule has 23 heavy (non-hydrogen) atoms. The van der Waals surface area contributed by atoms with E-state index in [1.54, 1.807) is 17.4 Å². The highest BCUT2D eigenvalue weighted by Gasteiger charge is 2.16. The number of benzene rings is 2. The van der Waals surface area contributed by atoms with E-state index in [1.807, 2.05) is 84.3 Å². The van der Waals surface area contributed by atoms with Crippen LogP contribution in [0.3, 0.4) is 0 Å². The summed E-state index contributed by atoms with van der Waals surface area (Å²) in [5, 5.41) is 5.12. The first kappa shape index (κ1) is 15.3. The minimum Gasteiger partial charge on any atom is -0.341 e. The molecule has 0 aliphatic heterocycles. The topological polar surface area (TPSA) is 29.1 Å². The molecule has 3 rings (SSSR count). The molecule has 0 bridgehead atoms. The van der Waals surface area contributed by atoms with Crippen LogP contribution in [0.1, 0.15) is 22.0 Å². The number of amides is 1. The molecule has 0 aliphatic carbocycles. The van der Waals surface area contributed by atoms with Crippen LogP contribution in [-0.4, -0.2) is 5.91 Å². The van der Waals surface area contributed by atoms with E-state index in [0.717, 1.165) is 16.0 Å². The third kappa shape index (κ3) is 4.18. The summed E-state index contributed by atoms with van der Waals surface area (Å²) in [6.07, 6.45) is 3.41. The highest BCUT2D eigenvalue weighted by molar-refractivity contribution is 7.10. The predicted molar refractivity (Wildman–Crippen MR) is 96.2 cm³/mol. The Morgan fingerprint density at radius 2 is 1.61 bits per heavy atom. The molecule has 3 heteroatoms. The van der Waals surface area contributed by atoms with E-state index in [-0.39, 0.29) is 11.9 Å². The van der Waals surface area contributed by atoms with E-state index in [9.17, 15) is 4.79 Å². The van der Waals surface area contributed by atoms with Gasteiger partial charge < -0.3 is 5.32 Å². The third-order valence-corrected chi connectivity index (χ3v) is 4.41. The maximum Gasteiger partial charge on any atom is 0.244 e. The number of thiophene rings is 1. The fraction of sp³-hybridized carbons (Fsp3) is 0.0500. The van der Waals surface area contributed by atoms with Crippen LogP contribution < -0.4 is 5.32 Å². The molecule has 114 valence electrons. The molecular weight excluding hydrogens is 302 g/mol. The Labute approximate surface area is 140 Å². The van der Waals surface area contributed by atoms with Gasteiger partial charge in [0.15, 0.2) is 0 Å². The Morgan fingerprint density at radius 1 is 0.913 bits per heavy atom. The highest BCUT2D eigenvalue weighted by Crippen LogP contribution is 2.25. The van der Waals surface area contributed by atoms with Crippen molar-refractivity contribution in [3.8, 4) is 0 Å². The van der Waals surface area contributed by atoms with Gasteiger partial charge >= 0.3 is 0 Å². The molecule has 0 fully saturated rings. The van der Waals surface area contributed by atoms with E-state index in [1.165, 1.54) is 0 Å². The van der Waals surface area contributed by atoms with Crippen molar-refractivity contribution >= 4 is 23.3 Å². The van der Waals surface area contributed by atoms with E-state index in [2.05, 4.69) is 5.32 Å². The summed E-state index contributed by atoms with van der Waals surface area (Å²) in [6.45, 7) is 0. The maximum absolute atomic E-state index is 12.3. The van der Waals surface area contributed by atoms with Gasteiger partial charge in [0.25, 0.3) is 0 Å². The van der Waals surface area contributed by atoms with Gasteiger partial charge in [-0.15, -0.1) is 11.3 Å². The quantitative estimate of drug-likeness (QED) is 0.680. The van der Waals surface area contributed by atoms with Gasteiger partial charge in [0, 0.05) is 11.0 Å². The van der Waals surface area contributed by atoms with E-state index >= 15 is 0 Å². The molecular formula is C20H17NOS. The predicted octanol–water partition coefficient (Wildman–Crippen LogP) is 4.67. The fourth-order valence-electron chi connectivity index (χ4n) is 2.35. The standard InChI is InChI=1S/C20H17NOS/c22-19(14-13-16-8-3-1-4-9-16)21-20(18-12-7-15-23-18)17-10-5-2-6-11-17/h1-15,20H,(H,21,22)/b14-13+/t20-/m0/s1. The zero-order valence-electron chi connectivity index (χ0n) is 12.6. The number of hydrogen-bond acceptors (Lipinski definition) is 2. The summed E-state index contributed by atoms with van der Waals surface area (Å²) >= 11 is 1.64. The van der Waals surface area contributed by atoms with Gasteiger partial charge in [-0.3, -0.25) is 4.79 Å². The Morgan fingerprint density at radius 3 is 2.26 bits per heavy atom. The van der Waals surface area contributed by atoms with Crippen molar-refractivity contribution in [2.45, 2.75) is 6.04 Å². The molecule has 2 aromatic carbocycles. The second-order valence-electron chi connectivity index (χ2n) is 5.11. The molecule has 1 atom stereocenters. The molecule has 0 spiro atoms. The summed E-state index contributed by atoms with van der Waals surface area (Å²) in [5.41, 5.74) is 2.09. The first-order valence-corrected chi connectivity index (χ1v) is 8.33. The summed E-state index contributed by atoms with van der Waals surface area (Å²) in [6, 6.07) is 23.8. The van der Waals surface area contributed by atoms with Crippen molar-refractivity contribution in [2.75, 3.05) is 0 Å². The van der Waals surface area contributed by atoms with Gasteiger partial charge in [-0.1, -0.05) is 66.7 Å². The Balaban J connectivity index is 1.77. The van der Waals surface area contributed by atoms with E-state index in [0.29, 0.717) is 0 Å². The van der Waals surface area contributed by atoms with Crippen LogP contribution in [0, 0.1) is 0 Å². The van der Waals surface area contributed by atoms with Crippen LogP contribution in [0.25, 0.3) is 6.08 Å². The first-order valence-electron chi connectivity index (χ1n) is 7.45. The van der Waals surface area contributed by atoms with Crippen molar-refractivity contribution < 1.29 is 4.79 Å². The lowest BCUT2D eigenvalue weighted by atomic mass is 10.1. The largest absolute Gasteiger partial charge is 0.341 e. The summed E-state index contributed by atoms with van der Waals surface area (Å²) in [5.74, 6) is -0.101. The molecule has 0 radical (unpaired) electrons. The van der Waals surface area contributed by atoms with Crippen LogP contribution >= 0.6 is 11.3 Å². The molecule has 1 N–H and O–H groups in total. The smallest absolute Gasteiger partial charge is 0.244 e. The van der Waals surface area contributed by atoms with Crippen molar-refractivity contribution in [3.05, 3.63) is 100 Å². The average molecular weight is 319 g/mol. The zero-order chi connectivity index (χ0) is 15.9. The number of rotatable bonds is 5. The van der Waals surface area contributed by atoms with Crippen LogP contribution in [0.15, 0.2) is 84.3 Å². The molecule has 1 aromatic heterocycles. The molecule has 0 saturated heterocycles. The highest BCUT2D eigenvalue weighted by atomic mass is 32.1. The Kier molecular flexibility index (Phi) is 5.02. The zero-order valence-corrected chi connectivity index (χ0v) is 13.4. The van der Waals surface area contributed by atoms with Crippen molar-refractivity contribution in [1.82, 2.24) is 5.32 Å². The molecule has 0 saturated carbocycles. The van der Waals surface area contributed by atoms with Crippen molar-refractivity contribution in [2.24, 2.45) is 0 Å². The summed E-state index contributed by atoms with van der Waals surface area (Å²) in [7, 11) is 0. The average Bonchev–Trinajstić information content (AvgIpc) is 3.14. The van der Waals surface area contributed by atoms with Crippen LogP contribution in [0.4, 0.5) is 0 Å². The lowest BCUT2D eigenvalue weighted by molar-refractivity contribution is -0.116. The molecule has 1 amide bonds. The minimum absolute atomic E-state index is 0.101. The van der Waals surface area contributed by atoms with E-state index in [4.69, 9.17) is 0 Å². The second-order valence-corrected chi connectivity index (χ2v) is 6.09. The van der Waals surface area contributed by atoms with Gasteiger partial charge in [-0.2, -0.15) is 0 Å². The number of nitrogens with one attached hydrogen (secondary N) is 1.